The summed E-state index contributed by atoms with van der Waals surface area (Å²) in [5.41, 5.74) is -0.0146. The molecule has 1 aromatic carbocycles. The Labute approximate surface area is 114 Å². The van der Waals surface area contributed by atoms with Gasteiger partial charge in [-0.1, -0.05) is 12.1 Å². The van der Waals surface area contributed by atoms with Crippen molar-refractivity contribution in [3.05, 3.63) is 46.4 Å². The number of thiophene rings is 1. The van der Waals surface area contributed by atoms with Crippen LogP contribution in [-0.2, 0) is 16.6 Å². The first-order valence-corrected chi connectivity index (χ1v) is 7.70. The standard InChI is InChI=1S/C12H12FNO3S2/c1-14(12-5-3-2-4-11(12)13)19(16,17)10-6-9(7-15)18-8-10/h2-6,8,15H,7H2,1H3. The number of halogens is 1. The van der Waals surface area contributed by atoms with Gasteiger partial charge >= 0.3 is 0 Å². The van der Waals surface area contributed by atoms with Crippen molar-refractivity contribution in [3.63, 3.8) is 0 Å². The van der Waals surface area contributed by atoms with Gasteiger partial charge in [0.1, 0.15) is 5.82 Å². The molecular weight excluding hydrogens is 289 g/mol. The molecule has 1 N–H and O–H groups in total. The van der Waals surface area contributed by atoms with Crippen LogP contribution in [0.1, 0.15) is 4.88 Å². The minimum absolute atomic E-state index is 0.0146. The second-order valence-corrected chi connectivity index (χ2v) is 6.80. The van der Waals surface area contributed by atoms with Gasteiger partial charge in [0.15, 0.2) is 0 Å². The minimum Gasteiger partial charge on any atom is -0.391 e. The minimum atomic E-state index is -3.81. The van der Waals surface area contributed by atoms with Crippen LogP contribution in [0, 0.1) is 5.82 Å². The van der Waals surface area contributed by atoms with E-state index in [2.05, 4.69) is 0 Å². The van der Waals surface area contributed by atoms with Crippen LogP contribution in [0.4, 0.5) is 10.1 Å². The van der Waals surface area contributed by atoms with Gasteiger partial charge in [-0.3, -0.25) is 4.31 Å². The lowest BCUT2D eigenvalue weighted by Crippen LogP contribution is -2.27. The maximum Gasteiger partial charge on any atom is 0.265 e. The molecular formula is C12H12FNO3S2. The molecule has 0 aliphatic heterocycles. The van der Waals surface area contributed by atoms with Crippen molar-refractivity contribution in [2.45, 2.75) is 11.5 Å². The summed E-state index contributed by atoms with van der Waals surface area (Å²) in [6.45, 7) is -0.219. The highest BCUT2D eigenvalue weighted by molar-refractivity contribution is 7.93. The van der Waals surface area contributed by atoms with Gasteiger partial charge in [0, 0.05) is 17.3 Å². The van der Waals surface area contributed by atoms with Crippen LogP contribution in [0.15, 0.2) is 40.6 Å². The number of para-hydroxylation sites is 1. The first-order valence-electron chi connectivity index (χ1n) is 5.38. The number of rotatable bonds is 4. The third-order valence-corrected chi connectivity index (χ3v) is 5.46. The van der Waals surface area contributed by atoms with E-state index in [-0.39, 0.29) is 17.2 Å². The number of sulfonamides is 1. The van der Waals surface area contributed by atoms with E-state index in [1.165, 1.54) is 36.7 Å². The summed E-state index contributed by atoms with van der Waals surface area (Å²) in [6.07, 6.45) is 0. The van der Waals surface area contributed by atoms with E-state index in [0.29, 0.717) is 4.88 Å². The lowest BCUT2D eigenvalue weighted by atomic mass is 10.3. The number of hydrogen-bond donors (Lipinski definition) is 1. The van der Waals surface area contributed by atoms with E-state index in [1.807, 2.05) is 0 Å². The number of anilines is 1. The molecule has 2 rings (SSSR count). The Balaban J connectivity index is 2.42. The van der Waals surface area contributed by atoms with Crippen molar-refractivity contribution in [2.75, 3.05) is 11.4 Å². The molecule has 0 aliphatic rings. The summed E-state index contributed by atoms with van der Waals surface area (Å²) in [4.78, 5) is 0.591. The Bertz CT molecular complexity index is 682. The van der Waals surface area contributed by atoms with Crippen LogP contribution in [0.3, 0.4) is 0 Å². The third kappa shape index (κ3) is 2.63. The van der Waals surface area contributed by atoms with Crippen LogP contribution in [-0.4, -0.2) is 20.6 Å². The van der Waals surface area contributed by atoms with Crippen LogP contribution < -0.4 is 4.31 Å². The zero-order valence-corrected chi connectivity index (χ0v) is 11.7. The molecule has 0 amide bonds. The van der Waals surface area contributed by atoms with E-state index in [0.717, 1.165) is 15.6 Å². The predicted molar refractivity (Wildman–Crippen MR) is 72.2 cm³/mol. The van der Waals surface area contributed by atoms with Crippen molar-refractivity contribution >= 4 is 27.0 Å². The second-order valence-electron chi connectivity index (χ2n) is 3.83. The molecule has 1 heterocycles. The van der Waals surface area contributed by atoms with Crippen LogP contribution in [0.25, 0.3) is 0 Å². The number of aliphatic hydroxyl groups is 1. The lowest BCUT2D eigenvalue weighted by molar-refractivity contribution is 0.285. The van der Waals surface area contributed by atoms with Crippen molar-refractivity contribution in [3.8, 4) is 0 Å². The number of nitrogens with zero attached hydrogens (tertiary/aromatic N) is 1. The average Bonchev–Trinajstić information content (AvgIpc) is 2.88. The SMILES string of the molecule is CN(c1ccccc1F)S(=O)(=O)c1csc(CO)c1. The highest BCUT2D eigenvalue weighted by Gasteiger charge is 2.24. The zero-order chi connectivity index (χ0) is 14.0. The number of aliphatic hydroxyl groups excluding tert-OH is 1. The van der Waals surface area contributed by atoms with Gasteiger partial charge in [-0.15, -0.1) is 11.3 Å². The Kier molecular flexibility index (Phi) is 3.88. The van der Waals surface area contributed by atoms with Crippen LogP contribution >= 0.6 is 11.3 Å². The van der Waals surface area contributed by atoms with Crippen molar-refractivity contribution in [1.29, 1.82) is 0 Å². The van der Waals surface area contributed by atoms with E-state index in [1.54, 1.807) is 6.07 Å². The fourth-order valence-corrected chi connectivity index (χ4v) is 3.90. The molecule has 2 aromatic rings. The molecule has 4 nitrogen and oxygen atoms in total. The molecule has 7 heteroatoms. The molecule has 0 spiro atoms. The largest absolute Gasteiger partial charge is 0.391 e. The van der Waals surface area contributed by atoms with Gasteiger partial charge in [0.05, 0.1) is 17.2 Å². The average molecular weight is 301 g/mol. The molecule has 0 bridgehead atoms. The fourth-order valence-electron chi connectivity index (χ4n) is 1.57. The Hall–Kier alpha value is -1.44. The number of hydrogen-bond acceptors (Lipinski definition) is 4. The van der Waals surface area contributed by atoms with Crippen molar-refractivity contribution < 1.29 is 17.9 Å². The Morgan fingerprint density at radius 1 is 1.37 bits per heavy atom. The van der Waals surface area contributed by atoms with Crippen molar-refractivity contribution in [2.24, 2.45) is 0 Å². The Morgan fingerprint density at radius 2 is 2.05 bits per heavy atom. The maximum atomic E-state index is 13.6. The first kappa shape index (κ1) is 14.0. The van der Waals surface area contributed by atoms with Crippen molar-refractivity contribution in [1.82, 2.24) is 0 Å². The predicted octanol–water partition coefficient (Wildman–Crippen LogP) is 2.20. The molecule has 1 aromatic heterocycles. The number of benzene rings is 1. The molecule has 19 heavy (non-hydrogen) atoms. The summed E-state index contributed by atoms with van der Waals surface area (Å²) in [6, 6.07) is 7.04. The molecule has 0 fully saturated rings. The van der Waals surface area contributed by atoms with E-state index in [9.17, 15) is 12.8 Å². The molecule has 0 saturated heterocycles. The van der Waals surface area contributed by atoms with E-state index < -0.39 is 15.8 Å². The summed E-state index contributed by atoms with van der Waals surface area (Å²) in [7, 11) is -2.52. The molecule has 0 saturated carbocycles. The summed E-state index contributed by atoms with van der Waals surface area (Å²) in [5, 5.41) is 10.4. The first-order chi connectivity index (χ1) is 8.96. The molecule has 0 aliphatic carbocycles. The summed E-state index contributed by atoms with van der Waals surface area (Å²) in [5.74, 6) is -0.605. The van der Waals surface area contributed by atoms with Gasteiger partial charge in [0.25, 0.3) is 10.0 Å². The second kappa shape index (κ2) is 5.28. The Morgan fingerprint density at radius 3 is 2.63 bits per heavy atom. The highest BCUT2D eigenvalue weighted by atomic mass is 32.2. The fraction of sp³-hybridized carbons (Fsp3) is 0.167. The molecule has 0 atom stereocenters. The zero-order valence-electron chi connectivity index (χ0n) is 10.1. The lowest BCUT2D eigenvalue weighted by Gasteiger charge is -2.19. The normalized spacial score (nSPS) is 11.5. The summed E-state index contributed by atoms with van der Waals surface area (Å²) >= 11 is 1.14. The quantitative estimate of drug-likeness (QED) is 0.942. The molecule has 102 valence electrons. The molecule has 0 unspecified atom stereocenters. The van der Waals surface area contributed by atoms with Gasteiger partial charge in [-0.25, -0.2) is 12.8 Å². The van der Waals surface area contributed by atoms with Gasteiger partial charge in [-0.05, 0) is 18.2 Å². The van der Waals surface area contributed by atoms with E-state index in [4.69, 9.17) is 5.11 Å². The van der Waals surface area contributed by atoms with Gasteiger partial charge in [0.2, 0.25) is 0 Å². The monoisotopic (exact) mass is 301 g/mol. The van der Waals surface area contributed by atoms with Crippen LogP contribution in [0.5, 0.6) is 0 Å². The summed E-state index contributed by atoms with van der Waals surface area (Å²) < 4.78 is 39.1. The smallest absolute Gasteiger partial charge is 0.265 e. The third-order valence-electron chi connectivity index (χ3n) is 2.64. The van der Waals surface area contributed by atoms with E-state index >= 15 is 0 Å². The van der Waals surface area contributed by atoms with Gasteiger partial charge < -0.3 is 5.11 Å². The molecule has 0 radical (unpaired) electrons. The highest BCUT2D eigenvalue weighted by Crippen LogP contribution is 2.27. The topological polar surface area (TPSA) is 57.6 Å². The maximum absolute atomic E-state index is 13.6. The van der Waals surface area contributed by atoms with Crippen LogP contribution in [0.2, 0.25) is 0 Å². The van der Waals surface area contributed by atoms with Gasteiger partial charge in [-0.2, -0.15) is 0 Å².